The lowest BCUT2D eigenvalue weighted by Gasteiger charge is -2.19. The number of rotatable bonds is 3. The van der Waals surface area contributed by atoms with Gasteiger partial charge in [0.2, 0.25) is 5.16 Å². The van der Waals surface area contributed by atoms with E-state index in [1.54, 1.807) is 34.3 Å². The summed E-state index contributed by atoms with van der Waals surface area (Å²) in [6.07, 6.45) is 0. The van der Waals surface area contributed by atoms with E-state index in [4.69, 9.17) is 0 Å². The zero-order valence-electron chi connectivity index (χ0n) is 12.6. The highest BCUT2D eigenvalue weighted by atomic mass is 32.2. The van der Waals surface area contributed by atoms with Gasteiger partial charge in [0.15, 0.2) is 5.82 Å². The molecule has 2 aromatic carbocycles. The van der Waals surface area contributed by atoms with Crippen molar-refractivity contribution < 1.29 is 9.31 Å². The van der Waals surface area contributed by atoms with Crippen LogP contribution in [0.5, 0.6) is 0 Å². The number of non-ortho nitro benzene ring substituents is 1. The summed E-state index contributed by atoms with van der Waals surface area (Å²) in [5, 5.41) is 21.5. The normalized spacial score (nSPS) is 12.9. The molecule has 4 rings (SSSR count). The van der Waals surface area contributed by atoms with E-state index in [1.807, 2.05) is 0 Å². The summed E-state index contributed by atoms with van der Waals surface area (Å²) in [4.78, 5) is 10.5. The van der Waals surface area contributed by atoms with E-state index in [9.17, 15) is 14.5 Å². The fourth-order valence-corrected chi connectivity index (χ4v) is 3.18. The van der Waals surface area contributed by atoms with Crippen molar-refractivity contribution in [2.75, 3.05) is 5.43 Å². The van der Waals surface area contributed by atoms with Gasteiger partial charge >= 0.3 is 0 Å². The van der Waals surface area contributed by atoms with Crippen LogP contribution in [0.3, 0.4) is 0 Å². The molecule has 0 radical (unpaired) electrons. The van der Waals surface area contributed by atoms with Gasteiger partial charge in [0, 0.05) is 28.7 Å². The van der Waals surface area contributed by atoms with Gasteiger partial charge in [-0.3, -0.25) is 15.5 Å². The van der Waals surface area contributed by atoms with Crippen molar-refractivity contribution >= 4 is 23.1 Å². The average Bonchev–Trinajstić information content (AvgIpc) is 3.05. The van der Waals surface area contributed by atoms with Crippen molar-refractivity contribution in [1.29, 1.82) is 0 Å². The van der Waals surface area contributed by atoms with Gasteiger partial charge in [0.05, 0.1) is 10.6 Å². The molecule has 1 aliphatic rings. The molecule has 1 aromatic heterocycles. The molecule has 25 heavy (non-hydrogen) atoms. The van der Waals surface area contributed by atoms with Gasteiger partial charge in [0.1, 0.15) is 5.82 Å². The van der Waals surface area contributed by atoms with Crippen LogP contribution < -0.4 is 5.43 Å². The molecule has 0 saturated carbocycles. The van der Waals surface area contributed by atoms with Crippen LogP contribution in [0.1, 0.15) is 5.56 Å². The van der Waals surface area contributed by atoms with Gasteiger partial charge in [-0.25, -0.2) is 9.07 Å². The summed E-state index contributed by atoms with van der Waals surface area (Å²) in [5.74, 6) is 0.0887. The lowest BCUT2D eigenvalue weighted by molar-refractivity contribution is -0.384. The SMILES string of the molecule is O=[N+]([O-])c1cccc(C2=CSc3nnc(-c4cccc(F)c4)n3N2)c1. The predicted octanol–water partition coefficient (Wildman–Crippen LogP) is 3.64. The number of aromatic nitrogens is 3. The Kier molecular flexibility index (Phi) is 3.69. The third-order valence-corrected chi connectivity index (χ3v) is 4.43. The van der Waals surface area contributed by atoms with Crippen molar-refractivity contribution in [1.82, 2.24) is 14.9 Å². The second-order valence-electron chi connectivity index (χ2n) is 5.22. The third kappa shape index (κ3) is 2.85. The van der Waals surface area contributed by atoms with E-state index in [0.29, 0.717) is 27.8 Å². The van der Waals surface area contributed by atoms with E-state index in [-0.39, 0.29) is 11.5 Å². The van der Waals surface area contributed by atoms with Crippen LogP contribution in [-0.2, 0) is 0 Å². The van der Waals surface area contributed by atoms with Crippen molar-refractivity contribution in [3.05, 3.63) is 75.4 Å². The molecule has 0 spiro atoms. The number of benzene rings is 2. The molecule has 0 amide bonds. The first-order valence-electron chi connectivity index (χ1n) is 7.22. The molecule has 0 fully saturated rings. The minimum absolute atomic E-state index is 0.00473. The molecule has 9 heteroatoms. The number of hydrogen-bond donors (Lipinski definition) is 1. The monoisotopic (exact) mass is 355 g/mol. The Morgan fingerprint density at radius 2 is 1.92 bits per heavy atom. The van der Waals surface area contributed by atoms with Crippen molar-refractivity contribution in [3.63, 3.8) is 0 Å². The molecule has 1 aliphatic heterocycles. The van der Waals surface area contributed by atoms with Crippen LogP contribution in [-0.4, -0.2) is 19.8 Å². The predicted molar refractivity (Wildman–Crippen MR) is 91.7 cm³/mol. The topological polar surface area (TPSA) is 85.9 Å². The number of thioether (sulfide) groups is 1. The number of hydrogen-bond acceptors (Lipinski definition) is 6. The Labute approximate surface area is 145 Å². The number of nitrogens with zero attached hydrogens (tertiary/aromatic N) is 4. The molecule has 0 atom stereocenters. The summed E-state index contributed by atoms with van der Waals surface area (Å²) in [6, 6.07) is 12.4. The van der Waals surface area contributed by atoms with E-state index in [2.05, 4.69) is 15.6 Å². The minimum Gasteiger partial charge on any atom is -0.289 e. The quantitative estimate of drug-likeness (QED) is 0.570. The molecule has 0 saturated heterocycles. The summed E-state index contributed by atoms with van der Waals surface area (Å²) < 4.78 is 15.1. The molecule has 1 N–H and O–H groups in total. The molecular weight excluding hydrogens is 345 g/mol. The van der Waals surface area contributed by atoms with Gasteiger partial charge in [0.25, 0.3) is 5.69 Å². The lowest BCUT2D eigenvalue weighted by Crippen LogP contribution is -2.18. The van der Waals surface area contributed by atoms with Crippen LogP contribution in [0.25, 0.3) is 17.1 Å². The van der Waals surface area contributed by atoms with Crippen LogP contribution in [0, 0.1) is 15.9 Å². The fourth-order valence-electron chi connectivity index (χ4n) is 2.44. The minimum atomic E-state index is -0.442. The van der Waals surface area contributed by atoms with Crippen molar-refractivity contribution in [3.8, 4) is 11.4 Å². The number of halogens is 1. The summed E-state index contributed by atoms with van der Waals surface area (Å²) in [7, 11) is 0. The van der Waals surface area contributed by atoms with Crippen LogP contribution in [0.4, 0.5) is 10.1 Å². The third-order valence-electron chi connectivity index (χ3n) is 3.60. The molecule has 2 heterocycles. The maximum atomic E-state index is 13.5. The molecular formula is C16H10FN5O2S. The van der Waals surface area contributed by atoms with Gasteiger partial charge in [-0.15, -0.1) is 10.2 Å². The lowest BCUT2D eigenvalue weighted by atomic mass is 10.1. The molecule has 0 bridgehead atoms. The molecule has 7 nitrogen and oxygen atoms in total. The summed E-state index contributed by atoms with van der Waals surface area (Å²) >= 11 is 1.33. The highest BCUT2D eigenvalue weighted by molar-refractivity contribution is 8.02. The van der Waals surface area contributed by atoms with Crippen LogP contribution >= 0.6 is 11.8 Å². The molecule has 0 unspecified atom stereocenters. The van der Waals surface area contributed by atoms with Crippen molar-refractivity contribution in [2.24, 2.45) is 0 Å². The molecule has 124 valence electrons. The van der Waals surface area contributed by atoms with Gasteiger partial charge in [-0.1, -0.05) is 36.0 Å². The smallest absolute Gasteiger partial charge is 0.270 e. The Morgan fingerprint density at radius 1 is 1.12 bits per heavy atom. The van der Waals surface area contributed by atoms with Gasteiger partial charge < -0.3 is 0 Å². The molecule has 0 aliphatic carbocycles. The van der Waals surface area contributed by atoms with Crippen LogP contribution in [0.2, 0.25) is 0 Å². The van der Waals surface area contributed by atoms with E-state index in [1.165, 1.54) is 36.0 Å². The van der Waals surface area contributed by atoms with E-state index < -0.39 is 4.92 Å². The van der Waals surface area contributed by atoms with Gasteiger partial charge in [-0.05, 0) is 12.1 Å². The number of nitro benzene ring substituents is 1. The maximum absolute atomic E-state index is 13.5. The van der Waals surface area contributed by atoms with E-state index in [0.717, 1.165) is 0 Å². The second kappa shape index (κ2) is 6.02. The average molecular weight is 355 g/mol. The Morgan fingerprint density at radius 3 is 2.72 bits per heavy atom. The summed E-state index contributed by atoms with van der Waals surface area (Å²) in [5.41, 5.74) is 5.04. The van der Waals surface area contributed by atoms with Crippen molar-refractivity contribution in [2.45, 2.75) is 5.16 Å². The zero-order chi connectivity index (χ0) is 17.4. The van der Waals surface area contributed by atoms with Crippen LogP contribution in [0.15, 0.2) is 59.1 Å². The highest BCUT2D eigenvalue weighted by Crippen LogP contribution is 2.32. The fraction of sp³-hybridized carbons (Fsp3) is 0. The number of nitro groups is 1. The Balaban J connectivity index is 1.71. The first-order chi connectivity index (χ1) is 12.1. The Bertz CT molecular complexity index is 1020. The standard InChI is InChI=1S/C16H10FN5O2S/c17-12-5-1-4-11(7-12)15-18-19-16-21(15)20-14(9-25-16)10-3-2-6-13(8-10)22(23)24/h1-9,20H. The second-order valence-corrected chi connectivity index (χ2v) is 6.06. The first-order valence-corrected chi connectivity index (χ1v) is 8.10. The van der Waals surface area contributed by atoms with Gasteiger partial charge in [-0.2, -0.15) is 0 Å². The number of nitrogens with one attached hydrogen (secondary N) is 1. The first kappa shape index (κ1) is 15.3. The largest absolute Gasteiger partial charge is 0.289 e. The Hall–Kier alpha value is -3.20. The number of fused-ring (bicyclic) bond motifs is 1. The highest BCUT2D eigenvalue weighted by Gasteiger charge is 2.20. The summed E-state index contributed by atoms with van der Waals surface area (Å²) in [6.45, 7) is 0. The maximum Gasteiger partial charge on any atom is 0.270 e. The van der Waals surface area contributed by atoms with E-state index >= 15 is 0 Å². The zero-order valence-corrected chi connectivity index (χ0v) is 13.4. The molecule has 3 aromatic rings.